The van der Waals surface area contributed by atoms with Crippen molar-refractivity contribution in [2.45, 2.75) is 17.9 Å². The molecule has 0 aliphatic rings. The molecule has 1 atom stereocenters. The average Bonchev–Trinajstić information content (AvgIpc) is 2.66. The molecule has 0 spiro atoms. The van der Waals surface area contributed by atoms with Crippen LogP contribution in [0.15, 0.2) is 57.9 Å². The molecule has 2 aromatic carbocycles. The molecule has 0 heterocycles. The number of carbonyl (C=O) groups excluding carboxylic acids is 2. The highest BCUT2D eigenvalue weighted by Gasteiger charge is 2.19. The minimum Gasteiger partial charge on any atom is -0.348 e. The first-order chi connectivity index (χ1) is 13.1. The van der Waals surface area contributed by atoms with Crippen LogP contribution in [0.2, 0.25) is 0 Å². The zero-order valence-corrected chi connectivity index (χ0v) is 18.2. The first-order valence-corrected chi connectivity index (χ1v) is 10.7. The van der Waals surface area contributed by atoms with Crippen molar-refractivity contribution in [3.8, 4) is 0 Å². The molecule has 0 aliphatic carbocycles. The van der Waals surface area contributed by atoms with Gasteiger partial charge in [0.1, 0.15) is 0 Å². The Morgan fingerprint density at radius 3 is 2.43 bits per heavy atom. The van der Waals surface area contributed by atoms with Gasteiger partial charge in [0.05, 0.1) is 17.5 Å². The molecular formula is C19H22BrN3O4S. The van der Waals surface area contributed by atoms with Crippen molar-refractivity contribution < 1.29 is 18.0 Å². The minimum atomic E-state index is -3.65. The van der Waals surface area contributed by atoms with Gasteiger partial charge < -0.3 is 10.6 Å². The van der Waals surface area contributed by atoms with Crippen molar-refractivity contribution >= 4 is 37.8 Å². The second-order valence-electron chi connectivity index (χ2n) is 6.31. The third kappa shape index (κ3) is 5.40. The van der Waals surface area contributed by atoms with Crippen molar-refractivity contribution in [1.82, 2.24) is 14.9 Å². The number of nitrogens with one attached hydrogen (secondary N) is 2. The first kappa shape index (κ1) is 22.1. The molecule has 2 N–H and O–H groups in total. The Hall–Kier alpha value is -2.23. The molecule has 0 radical (unpaired) electrons. The predicted molar refractivity (Wildman–Crippen MR) is 110 cm³/mol. The van der Waals surface area contributed by atoms with E-state index in [4.69, 9.17) is 0 Å². The van der Waals surface area contributed by atoms with Crippen LogP contribution in [-0.2, 0) is 14.8 Å². The van der Waals surface area contributed by atoms with E-state index in [1.165, 1.54) is 38.4 Å². The summed E-state index contributed by atoms with van der Waals surface area (Å²) in [7, 11) is -0.815. The van der Waals surface area contributed by atoms with Gasteiger partial charge in [0.2, 0.25) is 15.9 Å². The lowest BCUT2D eigenvalue weighted by Gasteiger charge is -2.16. The molecule has 0 saturated carbocycles. The zero-order chi connectivity index (χ0) is 20.9. The average molecular weight is 468 g/mol. The molecule has 2 aromatic rings. The lowest BCUT2D eigenvalue weighted by molar-refractivity contribution is -0.120. The number of halogens is 1. The summed E-state index contributed by atoms with van der Waals surface area (Å²) in [5.41, 5.74) is 1.08. The quantitative estimate of drug-likeness (QED) is 0.652. The highest BCUT2D eigenvalue weighted by molar-refractivity contribution is 9.10. The van der Waals surface area contributed by atoms with Gasteiger partial charge in [-0.05, 0) is 36.8 Å². The van der Waals surface area contributed by atoms with Crippen LogP contribution in [0.4, 0.5) is 0 Å². The summed E-state index contributed by atoms with van der Waals surface area (Å²) in [6.45, 7) is 1.62. The van der Waals surface area contributed by atoms with E-state index in [1.807, 2.05) is 31.2 Å². The van der Waals surface area contributed by atoms with E-state index in [2.05, 4.69) is 26.6 Å². The van der Waals surface area contributed by atoms with Crippen LogP contribution in [0.1, 0.15) is 28.9 Å². The summed E-state index contributed by atoms with van der Waals surface area (Å²) in [4.78, 5) is 24.5. The van der Waals surface area contributed by atoms with Crippen LogP contribution >= 0.6 is 15.9 Å². The molecule has 2 rings (SSSR count). The lowest BCUT2D eigenvalue weighted by Crippen LogP contribution is -2.38. The van der Waals surface area contributed by atoms with Crippen LogP contribution in [0.3, 0.4) is 0 Å². The normalized spacial score (nSPS) is 12.5. The summed E-state index contributed by atoms with van der Waals surface area (Å²) in [6.07, 6.45) is 0. The number of amides is 2. The maximum Gasteiger partial charge on any atom is 0.251 e. The van der Waals surface area contributed by atoms with Gasteiger partial charge in [0.15, 0.2) is 0 Å². The summed E-state index contributed by atoms with van der Waals surface area (Å²) in [6, 6.07) is 13.0. The zero-order valence-electron chi connectivity index (χ0n) is 15.8. The van der Waals surface area contributed by atoms with Crippen molar-refractivity contribution in [3.05, 3.63) is 64.1 Å². The smallest absolute Gasteiger partial charge is 0.251 e. The molecule has 1 unspecified atom stereocenters. The number of hydrogen-bond acceptors (Lipinski definition) is 4. The molecule has 0 saturated heterocycles. The second-order valence-corrected chi connectivity index (χ2v) is 9.31. The fourth-order valence-corrected chi connectivity index (χ4v) is 4.04. The van der Waals surface area contributed by atoms with E-state index < -0.39 is 15.9 Å². The van der Waals surface area contributed by atoms with Gasteiger partial charge in [-0.3, -0.25) is 9.59 Å². The van der Waals surface area contributed by atoms with E-state index in [0.717, 1.165) is 14.3 Å². The monoisotopic (exact) mass is 467 g/mol. The number of benzene rings is 2. The van der Waals surface area contributed by atoms with Crippen LogP contribution in [0.5, 0.6) is 0 Å². The van der Waals surface area contributed by atoms with Crippen molar-refractivity contribution in [2.75, 3.05) is 20.6 Å². The van der Waals surface area contributed by atoms with Gasteiger partial charge in [-0.25, -0.2) is 12.7 Å². The third-order valence-corrected chi connectivity index (χ3v) is 6.57. The fourth-order valence-electron chi connectivity index (χ4n) is 2.47. The Morgan fingerprint density at radius 1 is 1.11 bits per heavy atom. The van der Waals surface area contributed by atoms with Gasteiger partial charge >= 0.3 is 0 Å². The second kappa shape index (κ2) is 9.31. The molecule has 28 heavy (non-hydrogen) atoms. The van der Waals surface area contributed by atoms with Crippen LogP contribution in [-0.4, -0.2) is 45.2 Å². The SMILES string of the molecule is CC(NC(=O)CNC(=O)c1cccc(S(=O)(=O)N(C)C)c1)c1ccccc1Br. The molecule has 0 aromatic heterocycles. The molecule has 9 heteroatoms. The highest BCUT2D eigenvalue weighted by Crippen LogP contribution is 2.22. The molecule has 2 amide bonds. The van der Waals surface area contributed by atoms with E-state index in [1.54, 1.807) is 0 Å². The molecule has 7 nitrogen and oxygen atoms in total. The Labute approximate surface area is 173 Å². The number of rotatable bonds is 7. The van der Waals surface area contributed by atoms with E-state index in [9.17, 15) is 18.0 Å². The Bertz CT molecular complexity index is 977. The molecule has 150 valence electrons. The van der Waals surface area contributed by atoms with Crippen molar-refractivity contribution in [2.24, 2.45) is 0 Å². The number of carbonyl (C=O) groups is 2. The Morgan fingerprint density at radius 2 is 1.79 bits per heavy atom. The molecule has 0 fully saturated rings. The third-order valence-electron chi connectivity index (χ3n) is 4.03. The van der Waals surface area contributed by atoms with E-state index in [0.29, 0.717) is 0 Å². The molecular weight excluding hydrogens is 446 g/mol. The van der Waals surface area contributed by atoms with Crippen LogP contribution in [0.25, 0.3) is 0 Å². The largest absolute Gasteiger partial charge is 0.348 e. The summed E-state index contributed by atoms with van der Waals surface area (Å²) in [5, 5.41) is 5.32. The van der Waals surface area contributed by atoms with Gasteiger partial charge in [-0.15, -0.1) is 0 Å². The van der Waals surface area contributed by atoms with Crippen LogP contribution < -0.4 is 10.6 Å². The van der Waals surface area contributed by atoms with E-state index >= 15 is 0 Å². The summed E-state index contributed by atoms with van der Waals surface area (Å²) < 4.78 is 26.3. The fraction of sp³-hybridized carbons (Fsp3) is 0.263. The Balaban J connectivity index is 1.99. The maximum absolute atomic E-state index is 12.3. The lowest BCUT2D eigenvalue weighted by atomic mass is 10.1. The van der Waals surface area contributed by atoms with Crippen LogP contribution in [0, 0.1) is 0 Å². The molecule has 0 aliphatic heterocycles. The van der Waals surface area contributed by atoms with Crippen molar-refractivity contribution in [1.29, 1.82) is 0 Å². The number of hydrogen-bond donors (Lipinski definition) is 2. The van der Waals surface area contributed by atoms with E-state index in [-0.39, 0.29) is 29.0 Å². The topological polar surface area (TPSA) is 95.6 Å². The van der Waals surface area contributed by atoms with Gasteiger partial charge in [0, 0.05) is 24.1 Å². The van der Waals surface area contributed by atoms with Gasteiger partial charge in [-0.2, -0.15) is 0 Å². The van der Waals surface area contributed by atoms with Gasteiger partial charge in [0.25, 0.3) is 5.91 Å². The predicted octanol–water partition coefficient (Wildman–Crippen LogP) is 2.31. The highest BCUT2D eigenvalue weighted by atomic mass is 79.9. The Kier molecular flexibility index (Phi) is 7.34. The molecule has 0 bridgehead atoms. The first-order valence-electron chi connectivity index (χ1n) is 8.47. The number of nitrogens with zero attached hydrogens (tertiary/aromatic N) is 1. The maximum atomic E-state index is 12.3. The standard InChI is InChI=1S/C19H22BrN3O4S/c1-13(16-9-4-5-10-17(16)20)22-18(24)12-21-19(25)14-7-6-8-15(11-14)28(26,27)23(2)3/h4-11,13H,12H2,1-3H3,(H,21,25)(H,22,24). The van der Waals surface area contributed by atoms with Crippen molar-refractivity contribution in [3.63, 3.8) is 0 Å². The van der Waals surface area contributed by atoms with Gasteiger partial charge in [-0.1, -0.05) is 40.2 Å². The number of sulfonamides is 1. The minimum absolute atomic E-state index is 0.0113. The summed E-state index contributed by atoms with van der Waals surface area (Å²) in [5.74, 6) is -0.881. The summed E-state index contributed by atoms with van der Waals surface area (Å²) >= 11 is 3.44.